The molecule has 2 atom stereocenters. The molecule has 8 rings (SSSR count). The van der Waals surface area contributed by atoms with E-state index in [4.69, 9.17) is 9.47 Å². The van der Waals surface area contributed by atoms with Gasteiger partial charge in [0.2, 0.25) is 0 Å². The standard InChI is InChI=1S/C37H40F2N8O3/c38-27-5-14-33(34(39)19-27)37(21-35-40-24-41-43-35)20-26(23-50-37)22-49-32-12-10-29(11-13-32)45-17-15-44(16-18-45)28-6-8-30(9-7-28)46-25-42-47(36(46)48)31-3-1-2-4-31/h5-14,19,24-26,31H,1-4,15-18,20-23H2,(H,40,41,43)/t26-,37+/m1/s1. The van der Waals surface area contributed by atoms with E-state index < -0.39 is 17.2 Å². The highest BCUT2D eigenvalue weighted by Gasteiger charge is 2.44. The van der Waals surface area contributed by atoms with E-state index in [0.717, 1.165) is 80.7 Å². The molecule has 4 heterocycles. The van der Waals surface area contributed by atoms with Crippen LogP contribution in [0.25, 0.3) is 5.69 Å². The average Bonchev–Trinajstić information content (AvgIpc) is 3.97. The summed E-state index contributed by atoms with van der Waals surface area (Å²) >= 11 is 0. The number of halogens is 2. The summed E-state index contributed by atoms with van der Waals surface area (Å²) in [6.45, 7) is 4.28. The highest BCUT2D eigenvalue weighted by Crippen LogP contribution is 2.43. The molecule has 3 aliphatic rings. The molecule has 0 amide bonds. The van der Waals surface area contributed by atoms with Gasteiger partial charge in [0.25, 0.3) is 0 Å². The summed E-state index contributed by atoms with van der Waals surface area (Å²) in [4.78, 5) is 21.9. The molecule has 2 aliphatic heterocycles. The van der Waals surface area contributed by atoms with Crippen molar-refractivity contribution in [3.63, 3.8) is 0 Å². The van der Waals surface area contributed by atoms with Crippen LogP contribution in [-0.4, -0.2) is 68.9 Å². The number of piperazine rings is 1. The van der Waals surface area contributed by atoms with Crippen molar-refractivity contribution in [2.24, 2.45) is 5.92 Å². The minimum Gasteiger partial charge on any atom is -0.493 e. The van der Waals surface area contributed by atoms with Gasteiger partial charge in [0.15, 0.2) is 0 Å². The lowest BCUT2D eigenvalue weighted by Crippen LogP contribution is -2.46. The molecule has 13 heteroatoms. The Hall–Kier alpha value is -5.04. The van der Waals surface area contributed by atoms with Gasteiger partial charge in [-0.3, -0.25) is 5.10 Å². The molecular weight excluding hydrogens is 642 g/mol. The Kier molecular flexibility index (Phi) is 8.82. The third-order valence-electron chi connectivity index (χ3n) is 10.4. The third kappa shape index (κ3) is 6.49. The third-order valence-corrected chi connectivity index (χ3v) is 10.4. The van der Waals surface area contributed by atoms with Crippen molar-refractivity contribution in [3.05, 3.63) is 113 Å². The van der Waals surface area contributed by atoms with Crippen LogP contribution >= 0.6 is 0 Å². The van der Waals surface area contributed by atoms with Crippen LogP contribution in [0.5, 0.6) is 5.75 Å². The number of ether oxygens (including phenoxy) is 2. The number of nitrogens with one attached hydrogen (secondary N) is 1. The van der Waals surface area contributed by atoms with E-state index in [0.29, 0.717) is 31.0 Å². The van der Waals surface area contributed by atoms with E-state index in [9.17, 15) is 13.6 Å². The molecular formula is C37H40F2N8O3. The summed E-state index contributed by atoms with van der Waals surface area (Å²) in [5.41, 5.74) is 2.33. The number of hydrogen-bond acceptors (Lipinski definition) is 8. The fourth-order valence-electron chi connectivity index (χ4n) is 7.73. The van der Waals surface area contributed by atoms with Crippen molar-refractivity contribution in [1.82, 2.24) is 29.5 Å². The predicted molar refractivity (Wildman–Crippen MR) is 184 cm³/mol. The fraction of sp³-hybridized carbons (Fsp3) is 0.405. The van der Waals surface area contributed by atoms with Gasteiger partial charge in [0.05, 0.1) is 24.9 Å². The number of anilines is 2. The van der Waals surface area contributed by atoms with Gasteiger partial charge >= 0.3 is 5.69 Å². The number of nitrogens with zero attached hydrogens (tertiary/aromatic N) is 7. The van der Waals surface area contributed by atoms with Crippen molar-refractivity contribution in [2.75, 3.05) is 49.2 Å². The molecule has 0 bridgehead atoms. The molecule has 50 heavy (non-hydrogen) atoms. The highest BCUT2D eigenvalue weighted by molar-refractivity contribution is 5.54. The molecule has 2 aromatic heterocycles. The van der Waals surface area contributed by atoms with Crippen LogP contribution in [0.1, 0.15) is 49.5 Å². The zero-order chi connectivity index (χ0) is 34.1. The second-order valence-corrected chi connectivity index (χ2v) is 13.6. The van der Waals surface area contributed by atoms with Gasteiger partial charge in [0, 0.05) is 61.5 Å². The Bertz CT molecular complexity index is 1950. The molecule has 11 nitrogen and oxygen atoms in total. The number of hydrogen-bond donors (Lipinski definition) is 1. The van der Waals surface area contributed by atoms with Crippen molar-refractivity contribution in [3.8, 4) is 11.4 Å². The molecule has 5 aromatic rings. The minimum absolute atomic E-state index is 0.000201. The van der Waals surface area contributed by atoms with E-state index in [-0.39, 0.29) is 24.1 Å². The van der Waals surface area contributed by atoms with Crippen LogP contribution in [0.2, 0.25) is 0 Å². The Morgan fingerprint density at radius 1 is 0.900 bits per heavy atom. The van der Waals surface area contributed by atoms with Gasteiger partial charge < -0.3 is 19.3 Å². The summed E-state index contributed by atoms with van der Waals surface area (Å²) in [6, 6.07) is 20.1. The van der Waals surface area contributed by atoms with E-state index in [2.05, 4.69) is 54.3 Å². The van der Waals surface area contributed by atoms with Gasteiger partial charge in [0.1, 0.15) is 41.5 Å². The van der Waals surface area contributed by atoms with E-state index in [1.54, 1.807) is 15.6 Å². The molecule has 0 spiro atoms. The molecule has 0 unspecified atom stereocenters. The highest BCUT2D eigenvalue weighted by atomic mass is 19.1. The van der Waals surface area contributed by atoms with Crippen molar-refractivity contribution >= 4 is 11.4 Å². The first kappa shape index (κ1) is 32.2. The van der Waals surface area contributed by atoms with Crippen LogP contribution in [0.4, 0.5) is 20.2 Å². The maximum Gasteiger partial charge on any atom is 0.350 e. The Morgan fingerprint density at radius 3 is 2.24 bits per heavy atom. The van der Waals surface area contributed by atoms with Crippen LogP contribution in [-0.2, 0) is 16.8 Å². The quantitative estimate of drug-likeness (QED) is 0.208. The maximum atomic E-state index is 15.0. The first-order valence-electron chi connectivity index (χ1n) is 17.4. The van der Waals surface area contributed by atoms with Crippen molar-refractivity contribution < 1.29 is 18.3 Å². The van der Waals surface area contributed by atoms with Crippen LogP contribution in [0.15, 0.2) is 84.2 Å². The number of aromatic nitrogens is 6. The minimum atomic E-state index is -1.00. The summed E-state index contributed by atoms with van der Waals surface area (Å²) in [7, 11) is 0. The van der Waals surface area contributed by atoms with Crippen molar-refractivity contribution in [1.29, 1.82) is 0 Å². The number of benzene rings is 3. The summed E-state index contributed by atoms with van der Waals surface area (Å²) in [6.07, 6.45) is 8.17. The second-order valence-electron chi connectivity index (χ2n) is 13.6. The second kappa shape index (κ2) is 13.7. The lowest BCUT2D eigenvalue weighted by molar-refractivity contribution is -0.00524. The lowest BCUT2D eigenvalue weighted by Gasteiger charge is -2.37. The SMILES string of the molecule is O=c1n(-c2ccc(N3CCN(c4ccc(OC[C@@H]5CO[C@@](Cc6ncn[nH]6)(c6ccc(F)cc6F)C5)cc4)CC3)cc2)cnn1C1CCCC1. The largest absolute Gasteiger partial charge is 0.493 e. The molecule has 260 valence electrons. The molecule has 1 saturated carbocycles. The predicted octanol–water partition coefficient (Wildman–Crippen LogP) is 5.43. The van der Waals surface area contributed by atoms with E-state index in [1.165, 1.54) is 18.5 Å². The fourth-order valence-corrected chi connectivity index (χ4v) is 7.73. The number of aromatic amines is 1. The van der Waals surface area contributed by atoms with E-state index >= 15 is 0 Å². The Morgan fingerprint density at radius 2 is 1.58 bits per heavy atom. The average molecular weight is 683 g/mol. The van der Waals surface area contributed by atoms with Gasteiger partial charge in [-0.1, -0.05) is 18.9 Å². The van der Waals surface area contributed by atoms with Gasteiger partial charge in [-0.2, -0.15) is 10.2 Å². The molecule has 1 aliphatic carbocycles. The molecule has 0 radical (unpaired) electrons. The first-order chi connectivity index (χ1) is 24.4. The van der Waals surface area contributed by atoms with Gasteiger partial charge in [-0.25, -0.2) is 27.8 Å². The number of rotatable bonds is 10. The van der Waals surface area contributed by atoms with Crippen LogP contribution in [0, 0.1) is 17.6 Å². The maximum absolute atomic E-state index is 15.0. The normalized spacial score (nSPS) is 21.3. The van der Waals surface area contributed by atoms with Gasteiger partial charge in [-0.05, 0) is 73.9 Å². The molecule has 3 fully saturated rings. The smallest absolute Gasteiger partial charge is 0.350 e. The van der Waals surface area contributed by atoms with Gasteiger partial charge in [-0.15, -0.1) is 0 Å². The van der Waals surface area contributed by atoms with E-state index in [1.807, 2.05) is 24.3 Å². The zero-order valence-corrected chi connectivity index (χ0v) is 27.8. The van der Waals surface area contributed by atoms with Crippen molar-refractivity contribution in [2.45, 2.75) is 50.2 Å². The lowest BCUT2D eigenvalue weighted by atomic mass is 9.84. The first-order valence-corrected chi connectivity index (χ1v) is 17.4. The number of H-pyrrole nitrogens is 1. The summed E-state index contributed by atoms with van der Waals surface area (Å²) in [5, 5.41) is 11.2. The molecule has 2 saturated heterocycles. The van der Waals surface area contributed by atoms with Crippen LogP contribution < -0.4 is 20.2 Å². The Labute approximate surface area is 288 Å². The molecule has 3 aromatic carbocycles. The monoisotopic (exact) mass is 682 g/mol. The topological polar surface area (TPSA) is 106 Å². The van der Waals surface area contributed by atoms with Crippen LogP contribution in [0.3, 0.4) is 0 Å². The Balaban J connectivity index is 0.846. The summed E-state index contributed by atoms with van der Waals surface area (Å²) in [5.74, 6) is 0.0482. The molecule has 1 N–H and O–H groups in total. The zero-order valence-electron chi connectivity index (χ0n) is 27.8. The summed E-state index contributed by atoms with van der Waals surface area (Å²) < 4.78 is 44.4.